The van der Waals surface area contributed by atoms with Gasteiger partial charge in [0.05, 0.1) is 0 Å². The van der Waals surface area contributed by atoms with E-state index < -0.39 is 0 Å². The monoisotopic (exact) mass is 290 g/mol. The van der Waals surface area contributed by atoms with Gasteiger partial charge in [0.25, 0.3) is 0 Å². The van der Waals surface area contributed by atoms with Crippen LogP contribution in [0.1, 0.15) is 44.1 Å². The van der Waals surface area contributed by atoms with Crippen molar-refractivity contribution in [3.63, 3.8) is 0 Å². The molecule has 0 bridgehead atoms. The van der Waals surface area contributed by atoms with Crippen LogP contribution in [0.25, 0.3) is 0 Å². The topological polar surface area (TPSA) is 64.3 Å². The molecule has 0 unspecified atom stereocenters. The summed E-state index contributed by atoms with van der Waals surface area (Å²) in [5.41, 5.74) is 7.43. The van der Waals surface area contributed by atoms with Crippen LogP contribution in [0.2, 0.25) is 0 Å². The summed E-state index contributed by atoms with van der Waals surface area (Å²) in [6.45, 7) is 1.93. The number of rotatable bonds is 9. The minimum absolute atomic E-state index is 0.0264. The van der Waals surface area contributed by atoms with Gasteiger partial charge < -0.3 is 15.8 Å². The Balaban J connectivity index is 1.56. The Hall–Kier alpha value is -1.39. The van der Waals surface area contributed by atoms with Gasteiger partial charge in [-0.15, -0.1) is 0 Å². The normalized spacial score (nSPS) is 14.7. The lowest BCUT2D eigenvalue weighted by Gasteiger charge is -2.24. The van der Waals surface area contributed by atoms with Crippen LogP contribution in [-0.4, -0.2) is 19.1 Å². The zero-order valence-electron chi connectivity index (χ0n) is 12.6. The molecule has 1 aromatic carbocycles. The third-order valence-corrected chi connectivity index (χ3v) is 4.10. The Labute approximate surface area is 127 Å². The maximum atomic E-state index is 11.9. The maximum Gasteiger partial charge on any atom is 0.224 e. The molecule has 21 heavy (non-hydrogen) atoms. The number of benzene rings is 1. The molecule has 1 aliphatic carbocycles. The summed E-state index contributed by atoms with van der Waals surface area (Å²) in [4.78, 5) is 11.9. The second kappa shape index (κ2) is 8.80. The van der Waals surface area contributed by atoms with Crippen molar-refractivity contribution < 1.29 is 9.53 Å². The summed E-state index contributed by atoms with van der Waals surface area (Å²) in [7, 11) is 0. The zero-order valence-corrected chi connectivity index (χ0v) is 12.6. The minimum atomic E-state index is 0.0264. The fraction of sp³-hybridized carbons (Fsp3) is 0.588. The number of carbonyl (C=O) groups is 1. The van der Waals surface area contributed by atoms with E-state index in [0.29, 0.717) is 19.6 Å². The summed E-state index contributed by atoms with van der Waals surface area (Å²) >= 11 is 0. The van der Waals surface area contributed by atoms with E-state index in [1.54, 1.807) is 0 Å². The van der Waals surface area contributed by atoms with Gasteiger partial charge in [-0.25, -0.2) is 0 Å². The first-order valence-electron chi connectivity index (χ1n) is 7.95. The number of anilines is 1. The van der Waals surface area contributed by atoms with Crippen LogP contribution in [0.15, 0.2) is 24.3 Å². The van der Waals surface area contributed by atoms with Crippen LogP contribution in [0.4, 0.5) is 5.69 Å². The molecule has 1 aliphatic rings. The number of para-hydroxylation sites is 1. The summed E-state index contributed by atoms with van der Waals surface area (Å²) < 4.78 is 5.59. The Morgan fingerprint density at radius 3 is 2.81 bits per heavy atom. The van der Waals surface area contributed by atoms with Crippen LogP contribution >= 0.6 is 0 Å². The Morgan fingerprint density at radius 2 is 2.10 bits per heavy atom. The number of ether oxygens (including phenoxy) is 1. The highest BCUT2D eigenvalue weighted by Gasteiger charge is 2.16. The lowest BCUT2D eigenvalue weighted by atomic mass is 9.83. The highest BCUT2D eigenvalue weighted by molar-refractivity contribution is 5.91. The smallest absolute Gasteiger partial charge is 0.224 e. The van der Waals surface area contributed by atoms with Crippen molar-refractivity contribution in [1.82, 2.24) is 0 Å². The van der Waals surface area contributed by atoms with Gasteiger partial charge in [-0.2, -0.15) is 0 Å². The van der Waals surface area contributed by atoms with Crippen LogP contribution in [0.5, 0.6) is 0 Å². The lowest BCUT2D eigenvalue weighted by Crippen LogP contribution is -2.15. The van der Waals surface area contributed by atoms with E-state index in [2.05, 4.69) is 5.32 Å². The summed E-state index contributed by atoms with van der Waals surface area (Å²) in [6, 6.07) is 7.64. The summed E-state index contributed by atoms with van der Waals surface area (Å²) in [5, 5.41) is 2.91. The van der Waals surface area contributed by atoms with Crippen LogP contribution in [-0.2, 0) is 16.1 Å². The molecular formula is C17H26N2O2. The highest BCUT2D eigenvalue weighted by Crippen LogP contribution is 2.29. The highest BCUT2D eigenvalue weighted by atomic mass is 16.5. The largest absolute Gasteiger partial charge is 0.381 e. The molecule has 0 radical (unpaired) electrons. The van der Waals surface area contributed by atoms with Gasteiger partial charge in [0.1, 0.15) is 0 Å². The fourth-order valence-corrected chi connectivity index (χ4v) is 2.50. The number of carbonyl (C=O) groups excluding carboxylic acids is 1. The average molecular weight is 290 g/mol. The molecule has 1 saturated carbocycles. The Bertz CT molecular complexity index is 444. The quantitative estimate of drug-likeness (QED) is 0.687. The molecule has 1 amide bonds. The number of amides is 1. The van der Waals surface area contributed by atoms with Crippen molar-refractivity contribution in [2.24, 2.45) is 11.7 Å². The van der Waals surface area contributed by atoms with Gasteiger partial charge in [-0.3, -0.25) is 4.79 Å². The van der Waals surface area contributed by atoms with Gasteiger partial charge in [-0.1, -0.05) is 37.5 Å². The molecule has 0 aromatic heterocycles. The molecule has 4 heteroatoms. The van der Waals surface area contributed by atoms with E-state index in [-0.39, 0.29) is 5.91 Å². The minimum Gasteiger partial charge on any atom is -0.381 e. The van der Waals surface area contributed by atoms with E-state index in [1.807, 2.05) is 24.3 Å². The van der Waals surface area contributed by atoms with E-state index in [9.17, 15) is 4.79 Å². The van der Waals surface area contributed by atoms with Crippen molar-refractivity contribution >= 4 is 11.6 Å². The molecule has 0 atom stereocenters. The average Bonchev–Trinajstić information content (AvgIpc) is 2.45. The third kappa shape index (κ3) is 5.48. The van der Waals surface area contributed by atoms with Crippen LogP contribution in [0, 0.1) is 5.92 Å². The van der Waals surface area contributed by atoms with Crippen molar-refractivity contribution in [3.05, 3.63) is 29.8 Å². The Morgan fingerprint density at radius 1 is 1.29 bits per heavy atom. The molecular weight excluding hydrogens is 264 g/mol. The number of nitrogens with two attached hydrogens (primary N) is 1. The molecule has 1 aromatic rings. The maximum absolute atomic E-state index is 11.9. The molecule has 0 saturated heterocycles. The molecule has 3 N–H and O–H groups in total. The first-order valence-corrected chi connectivity index (χ1v) is 7.95. The predicted octanol–water partition coefficient (Wildman–Crippen LogP) is 3.07. The lowest BCUT2D eigenvalue weighted by molar-refractivity contribution is -0.116. The first kappa shape index (κ1) is 16.0. The molecule has 1 fully saturated rings. The van der Waals surface area contributed by atoms with Crippen LogP contribution < -0.4 is 11.1 Å². The molecule has 4 nitrogen and oxygen atoms in total. The van der Waals surface area contributed by atoms with Crippen molar-refractivity contribution in [3.8, 4) is 0 Å². The van der Waals surface area contributed by atoms with Crippen LogP contribution in [0.3, 0.4) is 0 Å². The second-order valence-electron chi connectivity index (χ2n) is 5.71. The number of hydrogen-bond donors (Lipinski definition) is 2. The van der Waals surface area contributed by atoms with Crippen molar-refractivity contribution in [2.45, 2.75) is 45.1 Å². The van der Waals surface area contributed by atoms with E-state index >= 15 is 0 Å². The molecule has 116 valence electrons. The molecule has 0 heterocycles. The van der Waals surface area contributed by atoms with Gasteiger partial charge >= 0.3 is 0 Å². The third-order valence-electron chi connectivity index (χ3n) is 4.10. The van der Waals surface area contributed by atoms with Crippen molar-refractivity contribution in [1.29, 1.82) is 0 Å². The van der Waals surface area contributed by atoms with E-state index in [4.69, 9.17) is 10.5 Å². The standard InChI is InChI=1S/C17H26N2O2/c18-13-15-7-1-2-8-16(15)19-17(20)9-4-11-21-12-10-14-5-3-6-14/h1-2,7-8,14H,3-6,9-13,18H2,(H,19,20). The number of nitrogens with one attached hydrogen (secondary N) is 1. The van der Waals surface area contributed by atoms with Gasteiger partial charge in [0.2, 0.25) is 5.91 Å². The zero-order chi connectivity index (χ0) is 14.9. The van der Waals surface area contributed by atoms with E-state index in [0.717, 1.165) is 30.2 Å². The molecule has 2 rings (SSSR count). The van der Waals surface area contributed by atoms with Gasteiger partial charge in [-0.05, 0) is 30.4 Å². The SMILES string of the molecule is NCc1ccccc1NC(=O)CCCOCCC1CCC1. The first-order chi connectivity index (χ1) is 10.3. The van der Waals surface area contributed by atoms with Crippen molar-refractivity contribution in [2.75, 3.05) is 18.5 Å². The van der Waals surface area contributed by atoms with Gasteiger partial charge in [0, 0.05) is 31.9 Å². The number of hydrogen-bond acceptors (Lipinski definition) is 3. The molecule has 0 aliphatic heterocycles. The summed E-state index contributed by atoms with van der Waals surface area (Å²) in [6.07, 6.45) is 6.55. The molecule has 0 spiro atoms. The predicted molar refractivity (Wildman–Crippen MR) is 85.0 cm³/mol. The van der Waals surface area contributed by atoms with E-state index in [1.165, 1.54) is 25.7 Å². The van der Waals surface area contributed by atoms with Gasteiger partial charge in [0.15, 0.2) is 0 Å². The Kier molecular flexibility index (Phi) is 6.70. The second-order valence-corrected chi connectivity index (χ2v) is 5.71. The fourth-order valence-electron chi connectivity index (χ4n) is 2.50. The summed E-state index contributed by atoms with van der Waals surface area (Å²) in [5.74, 6) is 0.916.